The van der Waals surface area contributed by atoms with E-state index >= 15 is 0 Å². The molecule has 1 amide bonds. The molecule has 1 heterocycles. The third kappa shape index (κ3) is 3.18. The Morgan fingerprint density at radius 2 is 1.90 bits per heavy atom. The Kier molecular flexibility index (Phi) is 3.82. The average Bonchev–Trinajstić information content (AvgIpc) is 3.17. The van der Waals surface area contributed by atoms with Crippen LogP contribution in [0.3, 0.4) is 0 Å². The van der Waals surface area contributed by atoms with Gasteiger partial charge in [0, 0.05) is 17.9 Å². The summed E-state index contributed by atoms with van der Waals surface area (Å²) < 4.78 is 2.21. The number of hydrogen-bond donors (Lipinski definition) is 1. The predicted octanol–water partition coefficient (Wildman–Crippen LogP) is 4.27. The lowest BCUT2D eigenvalue weighted by atomic mass is 10.1. The first kappa shape index (κ1) is 13.9. The molecule has 3 nitrogen and oxygen atoms in total. The van der Waals surface area contributed by atoms with Crippen LogP contribution in [0.5, 0.6) is 0 Å². The van der Waals surface area contributed by atoms with Gasteiger partial charge in [-0.05, 0) is 48.9 Å². The number of para-hydroxylation sites is 1. The monoisotopic (exact) mass is 282 g/mol. The van der Waals surface area contributed by atoms with Crippen LogP contribution in [-0.4, -0.2) is 10.5 Å². The molecule has 3 heteroatoms. The molecule has 0 saturated heterocycles. The average molecular weight is 282 g/mol. The molecule has 3 rings (SSSR count). The molecule has 0 unspecified atom stereocenters. The number of nitrogens with one attached hydrogen (secondary N) is 1. The standard InChI is InChI=1S/C18H22N2O/c1-13(2)16-10-11-17(20(16)12-14-8-9-14)18(21)19-15-6-4-3-5-7-15/h3-7,10-11,13-14H,8-9,12H2,1-2H3,(H,19,21). The second-order valence-electron chi connectivity index (χ2n) is 6.17. The largest absolute Gasteiger partial charge is 0.340 e. The molecular formula is C18H22N2O. The van der Waals surface area contributed by atoms with Crippen molar-refractivity contribution in [3.05, 3.63) is 53.9 Å². The van der Waals surface area contributed by atoms with Gasteiger partial charge in [-0.15, -0.1) is 0 Å². The summed E-state index contributed by atoms with van der Waals surface area (Å²) in [5, 5.41) is 2.98. The fraction of sp³-hybridized carbons (Fsp3) is 0.389. The van der Waals surface area contributed by atoms with Gasteiger partial charge in [0.1, 0.15) is 5.69 Å². The SMILES string of the molecule is CC(C)c1ccc(C(=O)Nc2ccccc2)n1CC1CC1. The molecule has 0 atom stereocenters. The first-order valence-electron chi connectivity index (χ1n) is 7.71. The van der Waals surface area contributed by atoms with Gasteiger partial charge in [0.15, 0.2) is 0 Å². The molecule has 0 aliphatic heterocycles. The summed E-state index contributed by atoms with van der Waals surface area (Å²) in [7, 11) is 0. The minimum absolute atomic E-state index is 0.0197. The van der Waals surface area contributed by atoms with E-state index in [1.165, 1.54) is 18.5 Å². The number of carbonyl (C=O) groups is 1. The number of benzene rings is 1. The van der Waals surface area contributed by atoms with E-state index in [9.17, 15) is 4.79 Å². The highest BCUT2D eigenvalue weighted by molar-refractivity contribution is 6.03. The van der Waals surface area contributed by atoms with Crippen LogP contribution in [0.25, 0.3) is 0 Å². The van der Waals surface area contributed by atoms with Crippen molar-refractivity contribution in [1.82, 2.24) is 4.57 Å². The van der Waals surface area contributed by atoms with Crippen LogP contribution in [0.4, 0.5) is 5.69 Å². The topological polar surface area (TPSA) is 34.0 Å². The zero-order chi connectivity index (χ0) is 14.8. The van der Waals surface area contributed by atoms with Crippen LogP contribution >= 0.6 is 0 Å². The number of aromatic nitrogens is 1. The van der Waals surface area contributed by atoms with E-state index in [0.717, 1.165) is 23.8 Å². The first-order valence-corrected chi connectivity index (χ1v) is 7.71. The van der Waals surface area contributed by atoms with Gasteiger partial charge in [0.25, 0.3) is 5.91 Å². The maximum atomic E-state index is 12.5. The van der Waals surface area contributed by atoms with Crippen LogP contribution in [0.2, 0.25) is 0 Å². The lowest BCUT2D eigenvalue weighted by Gasteiger charge is -2.15. The van der Waals surface area contributed by atoms with Crippen molar-refractivity contribution in [3.8, 4) is 0 Å². The third-order valence-electron chi connectivity index (χ3n) is 4.01. The fourth-order valence-electron chi connectivity index (χ4n) is 2.66. The lowest BCUT2D eigenvalue weighted by Crippen LogP contribution is -2.19. The normalized spacial score (nSPS) is 14.4. The molecule has 1 aliphatic carbocycles. The molecule has 110 valence electrons. The maximum absolute atomic E-state index is 12.5. The number of carbonyl (C=O) groups excluding carboxylic acids is 1. The van der Waals surface area contributed by atoms with E-state index in [1.807, 2.05) is 36.4 Å². The Balaban J connectivity index is 1.84. The Labute approximate surface area is 126 Å². The van der Waals surface area contributed by atoms with E-state index in [2.05, 4.69) is 29.8 Å². The van der Waals surface area contributed by atoms with Crippen LogP contribution < -0.4 is 5.32 Å². The van der Waals surface area contributed by atoms with Crippen molar-refractivity contribution in [3.63, 3.8) is 0 Å². The van der Waals surface area contributed by atoms with Crippen LogP contribution in [-0.2, 0) is 6.54 Å². The second-order valence-corrected chi connectivity index (χ2v) is 6.17. The predicted molar refractivity (Wildman–Crippen MR) is 85.6 cm³/mol. The van der Waals surface area contributed by atoms with Gasteiger partial charge in [-0.3, -0.25) is 4.79 Å². The molecule has 1 fully saturated rings. The number of nitrogens with zero attached hydrogens (tertiary/aromatic N) is 1. The minimum atomic E-state index is -0.0197. The molecule has 0 radical (unpaired) electrons. The zero-order valence-corrected chi connectivity index (χ0v) is 12.7. The fourth-order valence-corrected chi connectivity index (χ4v) is 2.66. The van der Waals surface area contributed by atoms with Gasteiger partial charge in [0.05, 0.1) is 0 Å². The van der Waals surface area contributed by atoms with Gasteiger partial charge >= 0.3 is 0 Å². The molecule has 0 spiro atoms. The molecule has 1 aromatic heterocycles. The number of hydrogen-bond acceptors (Lipinski definition) is 1. The van der Waals surface area contributed by atoms with Crippen molar-refractivity contribution >= 4 is 11.6 Å². The Morgan fingerprint density at radius 3 is 2.52 bits per heavy atom. The van der Waals surface area contributed by atoms with Crippen LogP contribution in [0.15, 0.2) is 42.5 Å². The highest BCUT2D eigenvalue weighted by Gasteiger charge is 2.25. The summed E-state index contributed by atoms with van der Waals surface area (Å²) in [6.07, 6.45) is 2.57. The van der Waals surface area contributed by atoms with Gasteiger partial charge < -0.3 is 9.88 Å². The number of amides is 1. The summed E-state index contributed by atoms with van der Waals surface area (Å²) in [5.74, 6) is 1.16. The van der Waals surface area contributed by atoms with Crippen LogP contribution in [0.1, 0.15) is 48.8 Å². The molecule has 1 saturated carbocycles. The molecule has 21 heavy (non-hydrogen) atoms. The summed E-state index contributed by atoms with van der Waals surface area (Å²) in [4.78, 5) is 12.5. The second kappa shape index (κ2) is 5.76. The summed E-state index contributed by atoms with van der Waals surface area (Å²) in [5.41, 5.74) is 2.86. The third-order valence-corrected chi connectivity index (χ3v) is 4.01. The Hall–Kier alpha value is -2.03. The maximum Gasteiger partial charge on any atom is 0.272 e. The zero-order valence-electron chi connectivity index (χ0n) is 12.7. The highest BCUT2D eigenvalue weighted by Crippen LogP contribution is 2.33. The molecule has 0 bridgehead atoms. The van der Waals surface area contributed by atoms with E-state index < -0.39 is 0 Å². The van der Waals surface area contributed by atoms with Crippen molar-refractivity contribution in [1.29, 1.82) is 0 Å². The van der Waals surface area contributed by atoms with Crippen molar-refractivity contribution in [2.75, 3.05) is 5.32 Å². The van der Waals surface area contributed by atoms with Gasteiger partial charge in [-0.2, -0.15) is 0 Å². The van der Waals surface area contributed by atoms with E-state index in [1.54, 1.807) is 0 Å². The van der Waals surface area contributed by atoms with Gasteiger partial charge in [-0.1, -0.05) is 32.0 Å². The summed E-state index contributed by atoms with van der Waals surface area (Å²) in [6, 6.07) is 13.7. The van der Waals surface area contributed by atoms with Crippen molar-refractivity contribution < 1.29 is 4.79 Å². The number of rotatable bonds is 5. The molecular weight excluding hydrogens is 260 g/mol. The summed E-state index contributed by atoms with van der Waals surface area (Å²) >= 11 is 0. The smallest absolute Gasteiger partial charge is 0.272 e. The molecule has 2 aromatic rings. The Morgan fingerprint density at radius 1 is 1.19 bits per heavy atom. The lowest BCUT2D eigenvalue weighted by molar-refractivity contribution is 0.101. The number of anilines is 1. The highest BCUT2D eigenvalue weighted by atomic mass is 16.1. The van der Waals surface area contributed by atoms with Crippen LogP contribution in [0, 0.1) is 5.92 Å². The molecule has 1 aliphatic rings. The quantitative estimate of drug-likeness (QED) is 0.873. The van der Waals surface area contributed by atoms with E-state index in [0.29, 0.717) is 5.92 Å². The summed E-state index contributed by atoms with van der Waals surface area (Å²) in [6.45, 7) is 5.33. The molecule has 1 N–H and O–H groups in total. The van der Waals surface area contributed by atoms with E-state index in [-0.39, 0.29) is 5.91 Å². The first-order chi connectivity index (χ1) is 10.1. The Bertz CT molecular complexity index is 624. The molecule has 1 aromatic carbocycles. The van der Waals surface area contributed by atoms with E-state index in [4.69, 9.17) is 0 Å². The van der Waals surface area contributed by atoms with Crippen molar-refractivity contribution in [2.24, 2.45) is 5.92 Å². The van der Waals surface area contributed by atoms with Gasteiger partial charge in [-0.25, -0.2) is 0 Å². The van der Waals surface area contributed by atoms with Crippen molar-refractivity contribution in [2.45, 2.75) is 39.2 Å². The van der Waals surface area contributed by atoms with Gasteiger partial charge in [0.2, 0.25) is 0 Å². The minimum Gasteiger partial charge on any atom is -0.340 e.